The van der Waals surface area contributed by atoms with Crippen LogP contribution in [0.4, 0.5) is 0 Å². The van der Waals surface area contributed by atoms with Gasteiger partial charge in [-0.3, -0.25) is 4.79 Å². The van der Waals surface area contributed by atoms with Crippen LogP contribution < -0.4 is 4.74 Å². The molecule has 1 saturated heterocycles. The van der Waals surface area contributed by atoms with Gasteiger partial charge >= 0.3 is 5.97 Å². The van der Waals surface area contributed by atoms with Gasteiger partial charge in [0.1, 0.15) is 5.75 Å². The zero-order chi connectivity index (χ0) is 14.9. The molecule has 2 aliphatic rings. The first-order valence-electron chi connectivity index (χ1n) is 7.69. The summed E-state index contributed by atoms with van der Waals surface area (Å²) in [5.41, 5.74) is 1.93. The van der Waals surface area contributed by atoms with Crippen LogP contribution in [0, 0.1) is 11.3 Å². The lowest BCUT2D eigenvalue weighted by Gasteiger charge is -2.24. The fraction of sp³-hybridized carbons (Fsp3) is 0.500. The van der Waals surface area contributed by atoms with Crippen LogP contribution in [-0.4, -0.2) is 19.2 Å². The third kappa shape index (κ3) is 2.57. The molecule has 1 heterocycles. The zero-order valence-corrected chi connectivity index (χ0v) is 12.6. The molecule has 3 nitrogen and oxygen atoms in total. The number of cyclic esters (lactones) is 1. The fourth-order valence-electron chi connectivity index (χ4n) is 3.59. The number of carbonyl (C=O) groups excluding carboxylic acids is 1. The molecule has 1 aromatic rings. The highest BCUT2D eigenvalue weighted by atomic mass is 16.5. The predicted molar refractivity (Wildman–Crippen MR) is 81.2 cm³/mol. The highest BCUT2D eigenvalue weighted by Crippen LogP contribution is 2.52. The number of fused-ring (bicyclic) bond motifs is 1. The first-order chi connectivity index (χ1) is 10.1. The molecule has 21 heavy (non-hydrogen) atoms. The molecule has 0 bridgehead atoms. The van der Waals surface area contributed by atoms with Crippen LogP contribution in [0.5, 0.6) is 5.75 Å². The predicted octanol–water partition coefficient (Wildman–Crippen LogP) is 3.53. The van der Waals surface area contributed by atoms with Crippen LogP contribution >= 0.6 is 0 Å². The van der Waals surface area contributed by atoms with Gasteiger partial charge in [0.25, 0.3) is 0 Å². The number of allylic oxidation sites excluding steroid dienone is 1. The number of carbonyl (C=O) groups is 1. The van der Waals surface area contributed by atoms with Crippen LogP contribution in [0.1, 0.15) is 31.7 Å². The van der Waals surface area contributed by atoms with Crippen molar-refractivity contribution in [2.45, 2.75) is 32.6 Å². The van der Waals surface area contributed by atoms with Gasteiger partial charge in [-0.05, 0) is 43.4 Å². The van der Waals surface area contributed by atoms with E-state index in [0.717, 1.165) is 43.6 Å². The summed E-state index contributed by atoms with van der Waals surface area (Å²) in [7, 11) is 0. The van der Waals surface area contributed by atoms with Crippen molar-refractivity contribution in [3.05, 3.63) is 42.0 Å². The Labute approximate surface area is 125 Å². The van der Waals surface area contributed by atoms with Crippen LogP contribution in [0.25, 0.3) is 0 Å². The van der Waals surface area contributed by atoms with E-state index < -0.39 is 0 Å². The quantitative estimate of drug-likeness (QED) is 0.613. The van der Waals surface area contributed by atoms with E-state index in [4.69, 9.17) is 9.47 Å². The summed E-state index contributed by atoms with van der Waals surface area (Å²) in [5.74, 6) is 1.12. The molecule has 0 spiro atoms. The van der Waals surface area contributed by atoms with E-state index in [1.807, 2.05) is 18.2 Å². The summed E-state index contributed by atoms with van der Waals surface area (Å²) in [6.45, 7) is 7.44. The lowest BCUT2D eigenvalue weighted by molar-refractivity contribution is -0.146. The molecule has 1 saturated carbocycles. The van der Waals surface area contributed by atoms with E-state index in [-0.39, 0.29) is 17.3 Å². The molecule has 1 aliphatic carbocycles. The summed E-state index contributed by atoms with van der Waals surface area (Å²) < 4.78 is 11.0. The third-order valence-electron chi connectivity index (χ3n) is 4.60. The number of hydrogen-bond donors (Lipinski definition) is 0. The second-order valence-corrected chi connectivity index (χ2v) is 6.26. The van der Waals surface area contributed by atoms with E-state index in [1.54, 1.807) is 0 Å². The summed E-state index contributed by atoms with van der Waals surface area (Å²) in [4.78, 5) is 12.3. The summed E-state index contributed by atoms with van der Waals surface area (Å²) in [5, 5.41) is 0. The molecule has 0 N–H and O–H groups in total. The van der Waals surface area contributed by atoms with Crippen LogP contribution in [-0.2, 0) is 16.0 Å². The molecule has 0 amide bonds. The topological polar surface area (TPSA) is 35.5 Å². The third-order valence-corrected chi connectivity index (χ3v) is 4.60. The Hall–Kier alpha value is -1.77. The first-order valence-corrected chi connectivity index (χ1v) is 7.69. The molecule has 3 heteroatoms. The van der Waals surface area contributed by atoms with E-state index in [2.05, 4.69) is 19.6 Å². The van der Waals surface area contributed by atoms with Gasteiger partial charge in [0.05, 0.1) is 18.6 Å². The lowest BCUT2D eigenvalue weighted by atomic mass is 9.75. The van der Waals surface area contributed by atoms with Crippen molar-refractivity contribution >= 4 is 5.97 Å². The molecular formula is C18H22O3. The number of hydrogen-bond acceptors (Lipinski definition) is 3. The molecule has 2 atom stereocenters. The monoisotopic (exact) mass is 286 g/mol. The standard InChI is InChI=1S/C18H22O3/c1-3-7-20-16-6-4-5-14(9-16)11-18-10-13(2)8-15(18)12-21-17(18)19/h4-6,9,15H,2-3,7-8,10-12H2,1H3. The molecular weight excluding hydrogens is 264 g/mol. The SMILES string of the molecule is C=C1CC2COC(=O)C2(Cc2cccc(OCCC)c2)C1. The van der Waals surface area contributed by atoms with Gasteiger partial charge in [-0.25, -0.2) is 0 Å². The second-order valence-electron chi connectivity index (χ2n) is 6.26. The molecule has 0 radical (unpaired) electrons. The van der Waals surface area contributed by atoms with Crippen molar-refractivity contribution in [3.8, 4) is 5.75 Å². The van der Waals surface area contributed by atoms with Gasteiger partial charge in [0.2, 0.25) is 0 Å². The largest absolute Gasteiger partial charge is 0.494 e. The highest BCUT2D eigenvalue weighted by Gasteiger charge is 2.55. The maximum Gasteiger partial charge on any atom is 0.313 e. The number of ether oxygens (including phenoxy) is 2. The van der Waals surface area contributed by atoms with Crippen LogP contribution in [0.15, 0.2) is 36.4 Å². The maximum atomic E-state index is 12.3. The second kappa shape index (κ2) is 5.55. The van der Waals surface area contributed by atoms with E-state index in [1.165, 1.54) is 5.57 Å². The average Bonchev–Trinajstić information content (AvgIpc) is 2.93. The smallest absolute Gasteiger partial charge is 0.313 e. The maximum absolute atomic E-state index is 12.3. The minimum absolute atomic E-state index is 0.0500. The average molecular weight is 286 g/mol. The molecule has 112 valence electrons. The van der Waals surface area contributed by atoms with Crippen molar-refractivity contribution in [3.63, 3.8) is 0 Å². The van der Waals surface area contributed by atoms with Crippen molar-refractivity contribution < 1.29 is 14.3 Å². The molecule has 2 unspecified atom stereocenters. The van der Waals surface area contributed by atoms with Gasteiger partial charge in [-0.2, -0.15) is 0 Å². The van der Waals surface area contributed by atoms with Crippen LogP contribution in [0.2, 0.25) is 0 Å². The number of benzene rings is 1. The van der Waals surface area contributed by atoms with Gasteiger partial charge in [0.15, 0.2) is 0 Å². The van der Waals surface area contributed by atoms with E-state index >= 15 is 0 Å². The Bertz CT molecular complexity index is 563. The van der Waals surface area contributed by atoms with Gasteiger partial charge in [-0.1, -0.05) is 31.2 Å². The first kappa shape index (κ1) is 14.2. The Balaban J connectivity index is 1.82. The van der Waals surface area contributed by atoms with E-state index in [9.17, 15) is 4.79 Å². The molecule has 0 aromatic heterocycles. The zero-order valence-electron chi connectivity index (χ0n) is 12.6. The summed E-state index contributed by atoms with van der Waals surface area (Å²) >= 11 is 0. The van der Waals surface area contributed by atoms with Gasteiger partial charge in [0, 0.05) is 5.92 Å². The van der Waals surface area contributed by atoms with Crippen molar-refractivity contribution in [2.75, 3.05) is 13.2 Å². The minimum atomic E-state index is -0.388. The summed E-state index contributed by atoms with van der Waals surface area (Å²) in [6.07, 6.45) is 3.38. The lowest BCUT2D eigenvalue weighted by Crippen LogP contribution is -2.31. The van der Waals surface area contributed by atoms with Crippen LogP contribution in [0.3, 0.4) is 0 Å². The van der Waals surface area contributed by atoms with Crippen molar-refractivity contribution in [1.82, 2.24) is 0 Å². The Morgan fingerprint density at radius 2 is 2.33 bits per heavy atom. The summed E-state index contributed by atoms with van der Waals surface area (Å²) in [6, 6.07) is 8.08. The normalized spacial score (nSPS) is 27.6. The number of esters is 1. The molecule has 1 aliphatic heterocycles. The number of rotatable bonds is 5. The molecule has 1 aromatic carbocycles. The highest BCUT2D eigenvalue weighted by molar-refractivity contribution is 5.81. The van der Waals surface area contributed by atoms with Crippen molar-refractivity contribution in [1.29, 1.82) is 0 Å². The Morgan fingerprint density at radius 1 is 1.48 bits per heavy atom. The fourth-order valence-corrected chi connectivity index (χ4v) is 3.59. The van der Waals surface area contributed by atoms with E-state index in [0.29, 0.717) is 6.61 Å². The van der Waals surface area contributed by atoms with Gasteiger partial charge < -0.3 is 9.47 Å². The van der Waals surface area contributed by atoms with Crippen molar-refractivity contribution in [2.24, 2.45) is 11.3 Å². The molecule has 2 fully saturated rings. The Kier molecular flexibility index (Phi) is 3.75. The minimum Gasteiger partial charge on any atom is -0.494 e. The molecule has 3 rings (SSSR count). The Morgan fingerprint density at radius 3 is 3.14 bits per heavy atom. The van der Waals surface area contributed by atoms with Gasteiger partial charge in [-0.15, -0.1) is 0 Å².